The van der Waals surface area contributed by atoms with Crippen molar-refractivity contribution in [2.45, 2.75) is 19.3 Å². The first kappa shape index (κ1) is 16.6. The Bertz CT molecular complexity index is 810. The molecule has 0 N–H and O–H groups in total. The number of amides is 1. The summed E-state index contributed by atoms with van der Waals surface area (Å²) in [5.74, 6) is 0.0996. The number of carbonyl (C=O) groups is 1. The summed E-state index contributed by atoms with van der Waals surface area (Å²) in [5, 5.41) is 0. The lowest BCUT2D eigenvalue weighted by Crippen LogP contribution is -2.42. The summed E-state index contributed by atoms with van der Waals surface area (Å²) in [6.45, 7) is 2.83. The van der Waals surface area contributed by atoms with Crippen molar-refractivity contribution in [1.29, 1.82) is 0 Å². The molecule has 3 nitrogen and oxygen atoms in total. The third-order valence-corrected chi connectivity index (χ3v) is 5.41. The number of nitrogens with zero attached hydrogens (tertiary/aromatic N) is 2. The lowest BCUT2D eigenvalue weighted by Gasteiger charge is -2.30. The summed E-state index contributed by atoms with van der Waals surface area (Å²) < 4.78 is 0.998. The van der Waals surface area contributed by atoms with Gasteiger partial charge in [0.2, 0.25) is 0 Å². The van der Waals surface area contributed by atoms with Crippen LogP contribution < -0.4 is 4.90 Å². The van der Waals surface area contributed by atoms with Crippen LogP contribution in [0.25, 0.3) is 11.6 Å². The van der Waals surface area contributed by atoms with E-state index in [9.17, 15) is 4.79 Å². The van der Waals surface area contributed by atoms with E-state index < -0.39 is 0 Å². The first-order valence-corrected chi connectivity index (χ1v) is 9.62. The van der Waals surface area contributed by atoms with E-state index in [1.54, 1.807) is 0 Å². The summed E-state index contributed by atoms with van der Waals surface area (Å²) in [5.41, 5.74) is 3.86. The zero-order valence-electron chi connectivity index (χ0n) is 14.1. The number of piperidine rings is 1. The summed E-state index contributed by atoms with van der Waals surface area (Å²) in [6, 6.07) is 16.2. The molecule has 1 fully saturated rings. The number of hydrogen-bond acceptors (Lipinski definition) is 2. The first-order chi connectivity index (χ1) is 12.2. The number of carbonyl (C=O) groups excluding carboxylic acids is 1. The Morgan fingerprint density at radius 1 is 1.00 bits per heavy atom. The molecule has 4 rings (SSSR count). The second kappa shape index (κ2) is 7.14. The molecule has 2 aromatic rings. The maximum atomic E-state index is 13.2. The molecule has 25 heavy (non-hydrogen) atoms. The van der Waals surface area contributed by atoms with Crippen LogP contribution in [0.2, 0.25) is 0 Å². The summed E-state index contributed by atoms with van der Waals surface area (Å²) in [7, 11) is 0. The maximum absolute atomic E-state index is 13.2. The molecule has 1 amide bonds. The molecule has 2 aliphatic rings. The molecule has 0 aliphatic carbocycles. The number of anilines is 1. The highest BCUT2D eigenvalue weighted by Crippen LogP contribution is 2.39. The summed E-state index contributed by atoms with van der Waals surface area (Å²) in [6.07, 6.45) is 5.75. The van der Waals surface area contributed by atoms with Crippen molar-refractivity contribution in [3.63, 3.8) is 0 Å². The topological polar surface area (TPSA) is 23.6 Å². The van der Waals surface area contributed by atoms with E-state index in [1.807, 2.05) is 53.4 Å². The van der Waals surface area contributed by atoms with Crippen molar-refractivity contribution < 1.29 is 4.79 Å². The van der Waals surface area contributed by atoms with Crippen LogP contribution in [0.1, 0.15) is 30.4 Å². The van der Waals surface area contributed by atoms with E-state index in [2.05, 4.69) is 26.9 Å². The van der Waals surface area contributed by atoms with Crippen molar-refractivity contribution in [2.24, 2.45) is 0 Å². The third kappa shape index (κ3) is 3.42. The largest absolute Gasteiger partial charge is 0.294 e. The van der Waals surface area contributed by atoms with Crippen molar-refractivity contribution in [3.05, 3.63) is 64.1 Å². The zero-order chi connectivity index (χ0) is 17.2. The minimum Gasteiger partial charge on any atom is -0.294 e. The van der Waals surface area contributed by atoms with Crippen LogP contribution in [-0.4, -0.2) is 30.6 Å². The molecular formula is C21H21BrN2O. The monoisotopic (exact) mass is 396 g/mol. The standard InChI is InChI=1S/C21H21BrN2O/c22-17-9-10-20-18(14-17)19(13-16-7-3-1-4-8-16)21(25)24(20)15-23-11-5-2-6-12-23/h1,3-4,7-10,13-14H,2,5-6,11-12,15H2/b19-13-. The van der Waals surface area contributed by atoms with Gasteiger partial charge in [-0.1, -0.05) is 52.7 Å². The van der Waals surface area contributed by atoms with Gasteiger partial charge in [0.1, 0.15) is 0 Å². The minimum atomic E-state index is 0.0996. The SMILES string of the molecule is O=C1/C(=C\c2ccccc2)c2cc(Br)ccc2N1CN1CCCCC1. The Hall–Kier alpha value is -1.91. The van der Waals surface area contributed by atoms with Gasteiger partial charge in [0, 0.05) is 15.6 Å². The number of halogens is 1. The molecule has 4 heteroatoms. The number of rotatable bonds is 3. The van der Waals surface area contributed by atoms with E-state index in [1.165, 1.54) is 19.3 Å². The molecule has 0 atom stereocenters. The number of hydrogen-bond donors (Lipinski definition) is 0. The highest BCUT2D eigenvalue weighted by atomic mass is 79.9. The molecule has 128 valence electrons. The number of likely N-dealkylation sites (tertiary alicyclic amines) is 1. The van der Waals surface area contributed by atoms with Crippen LogP contribution >= 0.6 is 15.9 Å². The van der Waals surface area contributed by atoms with E-state index in [0.717, 1.165) is 39.9 Å². The van der Waals surface area contributed by atoms with Crippen molar-refractivity contribution in [3.8, 4) is 0 Å². The fourth-order valence-corrected chi connectivity index (χ4v) is 3.99. The average Bonchev–Trinajstić information content (AvgIpc) is 2.89. The van der Waals surface area contributed by atoms with Crippen LogP contribution in [0.3, 0.4) is 0 Å². The van der Waals surface area contributed by atoms with E-state index in [-0.39, 0.29) is 5.91 Å². The normalized spacial score (nSPS) is 19.5. The smallest absolute Gasteiger partial charge is 0.260 e. The van der Waals surface area contributed by atoms with E-state index >= 15 is 0 Å². The van der Waals surface area contributed by atoms with Gasteiger partial charge < -0.3 is 0 Å². The van der Waals surface area contributed by atoms with Gasteiger partial charge in [-0.25, -0.2) is 0 Å². The Morgan fingerprint density at radius 3 is 2.52 bits per heavy atom. The molecule has 2 heterocycles. The molecule has 0 saturated carbocycles. The van der Waals surface area contributed by atoms with Crippen molar-refractivity contribution >= 4 is 39.2 Å². The highest BCUT2D eigenvalue weighted by molar-refractivity contribution is 9.10. The minimum absolute atomic E-state index is 0.0996. The summed E-state index contributed by atoms with van der Waals surface area (Å²) >= 11 is 3.55. The van der Waals surface area contributed by atoms with Gasteiger partial charge in [-0.15, -0.1) is 0 Å². The predicted octanol–water partition coefficient (Wildman–Crippen LogP) is 4.78. The van der Waals surface area contributed by atoms with Gasteiger partial charge in [0.25, 0.3) is 5.91 Å². The fourth-order valence-electron chi connectivity index (χ4n) is 3.63. The number of benzene rings is 2. The predicted molar refractivity (Wildman–Crippen MR) is 106 cm³/mol. The Kier molecular flexibility index (Phi) is 4.73. The first-order valence-electron chi connectivity index (χ1n) is 8.83. The second-order valence-corrected chi connectivity index (χ2v) is 7.60. The average molecular weight is 397 g/mol. The summed E-state index contributed by atoms with van der Waals surface area (Å²) in [4.78, 5) is 17.5. The number of fused-ring (bicyclic) bond motifs is 1. The molecular weight excluding hydrogens is 376 g/mol. The van der Waals surface area contributed by atoms with Crippen molar-refractivity contribution in [1.82, 2.24) is 4.90 Å². The van der Waals surface area contributed by atoms with Gasteiger partial charge in [0.05, 0.1) is 12.4 Å². The van der Waals surface area contributed by atoms with Gasteiger partial charge >= 0.3 is 0 Å². The van der Waals surface area contributed by atoms with Gasteiger partial charge in [-0.2, -0.15) is 0 Å². The van der Waals surface area contributed by atoms with Crippen LogP contribution in [0.15, 0.2) is 53.0 Å². The highest BCUT2D eigenvalue weighted by Gasteiger charge is 2.33. The van der Waals surface area contributed by atoms with Gasteiger partial charge in [0.15, 0.2) is 0 Å². The molecule has 0 unspecified atom stereocenters. The van der Waals surface area contributed by atoms with Crippen LogP contribution in [-0.2, 0) is 4.79 Å². The van der Waals surface area contributed by atoms with E-state index in [0.29, 0.717) is 6.67 Å². The molecule has 1 saturated heterocycles. The lowest BCUT2D eigenvalue weighted by atomic mass is 10.0. The van der Waals surface area contributed by atoms with Crippen LogP contribution in [0.5, 0.6) is 0 Å². The lowest BCUT2D eigenvalue weighted by molar-refractivity contribution is -0.113. The Labute approximate surface area is 157 Å². The van der Waals surface area contributed by atoms with Gasteiger partial charge in [-0.3, -0.25) is 14.6 Å². The second-order valence-electron chi connectivity index (χ2n) is 6.68. The van der Waals surface area contributed by atoms with Crippen molar-refractivity contribution in [2.75, 3.05) is 24.7 Å². The molecule has 0 radical (unpaired) electrons. The van der Waals surface area contributed by atoms with E-state index in [4.69, 9.17) is 0 Å². The van der Waals surface area contributed by atoms with Crippen LogP contribution in [0.4, 0.5) is 5.69 Å². The Balaban J connectivity index is 1.71. The third-order valence-electron chi connectivity index (χ3n) is 4.92. The Morgan fingerprint density at radius 2 is 1.76 bits per heavy atom. The quantitative estimate of drug-likeness (QED) is 0.696. The zero-order valence-corrected chi connectivity index (χ0v) is 15.7. The van der Waals surface area contributed by atoms with Crippen LogP contribution in [0, 0.1) is 0 Å². The molecule has 0 aromatic heterocycles. The molecule has 2 aliphatic heterocycles. The maximum Gasteiger partial charge on any atom is 0.260 e. The molecule has 0 bridgehead atoms. The molecule has 2 aromatic carbocycles. The van der Waals surface area contributed by atoms with Gasteiger partial charge in [-0.05, 0) is 55.8 Å². The molecule has 0 spiro atoms. The fraction of sp³-hybridized carbons (Fsp3) is 0.286.